The Labute approximate surface area is 140 Å². The van der Waals surface area contributed by atoms with Gasteiger partial charge in [-0.15, -0.1) is 15.3 Å². The van der Waals surface area contributed by atoms with Gasteiger partial charge in [-0.2, -0.15) is 17.7 Å². The third-order valence-electron chi connectivity index (χ3n) is 4.55. The number of hydrogen-bond donors (Lipinski definition) is 1. The van der Waals surface area contributed by atoms with E-state index in [1.165, 1.54) is 6.07 Å². The van der Waals surface area contributed by atoms with Crippen LogP contribution < -0.4 is 10.2 Å². The lowest BCUT2D eigenvalue weighted by Crippen LogP contribution is -2.49. The van der Waals surface area contributed by atoms with Crippen LogP contribution in [-0.4, -0.2) is 63.0 Å². The average Bonchev–Trinajstić information content (AvgIpc) is 3.20. The number of nitrogens with zero attached hydrogens (tertiary/aromatic N) is 6. The van der Waals surface area contributed by atoms with Crippen LogP contribution >= 0.6 is 0 Å². The van der Waals surface area contributed by atoms with E-state index < -0.39 is 12.0 Å². The molecule has 2 aromatic heterocycles. The quantitative estimate of drug-likeness (QED) is 0.874. The van der Waals surface area contributed by atoms with Crippen molar-refractivity contribution >= 4 is 17.5 Å². The summed E-state index contributed by atoms with van der Waals surface area (Å²) in [4.78, 5) is 15.5. The van der Waals surface area contributed by atoms with E-state index in [9.17, 15) is 18.0 Å². The summed E-state index contributed by atoms with van der Waals surface area (Å²) in [5.74, 6) is -0.723. The first-order valence-electron chi connectivity index (χ1n) is 8.02. The maximum Gasteiger partial charge on any atom is 0.453 e. The second-order valence-corrected chi connectivity index (χ2v) is 6.15. The van der Waals surface area contributed by atoms with Gasteiger partial charge in [0.25, 0.3) is 5.82 Å². The monoisotopic (exact) mass is 355 g/mol. The summed E-state index contributed by atoms with van der Waals surface area (Å²) < 4.78 is 39.7. The number of fused-ring (bicyclic) bond motifs is 1. The van der Waals surface area contributed by atoms with Crippen molar-refractivity contribution in [3.05, 3.63) is 18.0 Å². The van der Waals surface area contributed by atoms with E-state index in [0.29, 0.717) is 32.0 Å². The fourth-order valence-electron chi connectivity index (χ4n) is 3.38. The minimum absolute atomic E-state index is 0.0248. The molecule has 4 rings (SSSR count). The highest BCUT2D eigenvalue weighted by molar-refractivity contribution is 5.76. The van der Waals surface area contributed by atoms with E-state index in [-0.39, 0.29) is 17.7 Å². The molecule has 4 heterocycles. The first-order chi connectivity index (χ1) is 11.9. The van der Waals surface area contributed by atoms with Gasteiger partial charge in [0.2, 0.25) is 0 Å². The first-order valence-corrected chi connectivity index (χ1v) is 8.02. The standard InChI is InChI=1S/C14H16F3N7O/c15-14(16,17)12-20-19-10-3-4-11(21-24(10)12)22-6-1-2-9(8-22)23-7-5-18-13(23)25/h3-4,9H,1-2,5-8H2,(H,18,25)/t9-/m0/s1. The van der Waals surface area contributed by atoms with Crippen LogP contribution in [0.4, 0.5) is 23.8 Å². The van der Waals surface area contributed by atoms with Gasteiger partial charge in [0.1, 0.15) is 5.82 Å². The van der Waals surface area contributed by atoms with Crippen LogP contribution in [0.1, 0.15) is 18.7 Å². The van der Waals surface area contributed by atoms with E-state index in [2.05, 4.69) is 20.6 Å². The molecule has 8 nitrogen and oxygen atoms in total. The molecule has 25 heavy (non-hydrogen) atoms. The number of amides is 2. The summed E-state index contributed by atoms with van der Waals surface area (Å²) >= 11 is 0. The number of carbonyl (C=O) groups excluding carboxylic acids is 1. The van der Waals surface area contributed by atoms with Crippen LogP contribution in [0.2, 0.25) is 0 Å². The zero-order chi connectivity index (χ0) is 17.6. The van der Waals surface area contributed by atoms with E-state index >= 15 is 0 Å². The molecule has 0 bridgehead atoms. The van der Waals surface area contributed by atoms with Crippen molar-refractivity contribution in [1.82, 2.24) is 30.0 Å². The minimum Gasteiger partial charge on any atom is -0.353 e. The van der Waals surface area contributed by atoms with Gasteiger partial charge in [-0.1, -0.05) is 0 Å². The number of hydrogen-bond acceptors (Lipinski definition) is 5. The molecular weight excluding hydrogens is 339 g/mol. The average molecular weight is 355 g/mol. The van der Waals surface area contributed by atoms with Crippen molar-refractivity contribution in [2.24, 2.45) is 0 Å². The van der Waals surface area contributed by atoms with Crippen LogP contribution in [0.25, 0.3) is 5.65 Å². The number of rotatable bonds is 2. The lowest BCUT2D eigenvalue weighted by Gasteiger charge is -2.37. The highest BCUT2D eigenvalue weighted by atomic mass is 19.4. The molecule has 0 aliphatic carbocycles. The molecule has 0 spiro atoms. The van der Waals surface area contributed by atoms with Gasteiger partial charge in [0.05, 0.1) is 6.04 Å². The summed E-state index contributed by atoms with van der Waals surface area (Å²) in [5, 5.41) is 13.6. The van der Waals surface area contributed by atoms with Gasteiger partial charge in [-0.25, -0.2) is 4.79 Å². The molecule has 2 aromatic rings. The maximum absolute atomic E-state index is 13.0. The summed E-state index contributed by atoms with van der Waals surface area (Å²) in [6.07, 6.45) is -2.92. The van der Waals surface area contributed by atoms with Crippen molar-refractivity contribution in [3.8, 4) is 0 Å². The largest absolute Gasteiger partial charge is 0.453 e. The smallest absolute Gasteiger partial charge is 0.353 e. The van der Waals surface area contributed by atoms with Crippen molar-refractivity contribution in [2.75, 3.05) is 31.1 Å². The summed E-state index contributed by atoms with van der Waals surface area (Å²) in [7, 11) is 0. The summed E-state index contributed by atoms with van der Waals surface area (Å²) in [6, 6.07) is 3.04. The number of carbonyl (C=O) groups is 1. The molecule has 11 heteroatoms. The van der Waals surface area contributed by atoms with Crippen LogP contribution in [0.5, 0.6) is 0 Å². The Morgan fingerprint density at radius 1 is 1.20 bits per heavy atom. The lowest BCUT2D eigenvalue weighted by molar-refractivity contribution is -0.146. The zero-order valence-corrected chi connectivity index (χ0v) is 13.2. The SMILES string of the molecule is O=C1NCCN1[C@H]1CCCN(c2ccc3nnc(C(F)(F)F)n3n2)C1. The number of anilines is 1. The second-order valence-electron chi connectivity index (χ2n) is 6.15. The molecule has 1 N–H and O–H groups in total. The molecule has 2 fully saturated rings. The van der Waals surface area contributed by atoms with Crippen LogP contribution in [0.15, 0.2) is 12.1 Å². The Kier molecular flexibility index (Phi) is 3.65. The van der Waals surface area contributed by atoms with Crippen molar-refractivity contribution in [3.63, 3.8) is 0 Å². The highest BCUT2D eigenvalue weighted by Crippen LogP contribution is 2.28. The Hall–Kier alpha value is -2.59. The molecule has 2 saturated heterocycles. The Balaban J connectivity index is 1.61. The van der Waals surface area contributed by atoms with Gasteiger partial charge in [-0.05, 0) is 25.0 Å². The summed E-state index contributed by atoms with van der Waals surface area (Å²) in [6.45, 7) is 2.48. The highest BCUT2D eigenvalue weighted by Gasteiger charge is 2.38. The third kappa shape index (κ3) is 2.83. The normalized spacial score (nSPS) is 21.9. The number of piperidine rings is 1. The third-order valence-corrected chi connectivity index (χ3v) is 4.55. The van der Waals surface area contributed by atoms with E-state index in [1.54, 1.807) is 11.0 Å². The van der Waals surface area contributed by atoms with Gasteiger partial charge in [0, 0.05) is 26.2 Å². The van der Waals surface area contributed by atoms with Crippen molar-refractivity contribution in [2.45, 2.75) is 25.1 Å². The lowest BCUT2D eigenvalue weighted by atomic mass is 10.0. The Bertz CT molecular complexity index is 805. The molecular formula is C14H16F3N7O. The molecule has 0 aromatic carbocycles. The molecule has 2 aliphatic heterocycles. The molecule has 134 valence electrons. The zero-order valence-electron chi connectivity index (χ0n) is 13.2. The molecule has 0 saturated carbocycles. The van der Waals surface area contributed by atoms with Crippen LogP contribution in [0, 0.1) is 0 Å². The summed E-state index contributed by atoms with van der Waals surface area (Å²) in [5.41, 5.74) is 0.0450. The minimum atomic E-state index is -4.62. The molecule has 0 radical (unpaired) electrons. The van der Waals surface area contributed by atoms with Crippen molar-refractivity contribution < 1.29 is 18.0 Å². The first kappa shape index (κ1) is 15.9. The van der Waals surface area contributed by atoms with Gasteiger partial charge < -0.3 is 15.1 Å². The van der Waals surface area contributed by atoms with Gasteiger partial charge in [0.15, 0.2) is 5.65 Å². The molecule has 0 unspecified atom stereocenters. The van der Waals surface area contributed by atoms with E-state index in [1.807, 2.05) is 4.90 Å². The number of halogens is 3. The van der Waals surface area contributed by atoms with Crippen LogP contribution in [0.3, 0.4) is 0 Å². The predicted molar refractivity (Wildman–Crippen MR) is 81.1 cm³/mol. The second kappa shape index (κ2) is 5.74. The fourth-order valence-corrected chi connectivity index (χ4v) is 3.38. The van der Waals surface area contributed by atoms with E-state index in [0.717, 1.165) is 17.4 Å². The number of aromatic nitrogens is 4. The predicted octanol–water partition coefficient (Wildman–Crippen LogP) is 1.14. The number of alkyl halides is 3. The van der Waals surface area contributed by atoms with Gasteiger partial charge >= 0.3 is 12.2 Å². The molecule has 2 aliphatic rings. The number of nitrogens with one attached hydrogen (secondary N) is 1. The van der Waals surface area contributed by atoms with Gasteiger partial charge in [-0.3, -0.25) is 0 Å². The topological polar surface area (TPSA) is 78.7 Å². The fraction of sp³-hybridized carbons (Fsp3) is 0.571. The van der Waals surface area contributed by atoms with E-state index in [4.69, 9.17) is 0 Å². The Morgan fingerprint density at radius 3 is 2.76 bits per heavy atom. The Morgan fingerprint density at radius 2 is 2.04 bits per heavy atom. The maximum atomic E-state index is 13.0. The molecule has 1 atom stereocenters. The van der Waals surface area contributed by atoms with Crippen LogP contribution in [-0.2, 0) is 6.18 Å². The van der Waals surface area contributed by atoms with Crippen molar-refractivity contribution in [1.29, 1.82) is 0 Å². The molecule has 2 amide bonds. The number of urea groups is 1.